The molecule has 0 radical (unpaired) electrons. The summed E-state index contributed by atoms with van der Waals surface area (Å²) in [5.41, 5.74) is 0. The van der Waals surface area contributed by atoms with Crippen LogP contribution in [0.3, 0.4) is 0 Å². The van der Waals surface area contributed by atoms with Gasteiger partial charge >= 0.3 is 0 Å². The van der Waals surface area contributed by atoms with Crippen LogP contribution in [0.4, 0.5) is 0 Å². The van der Waals surface area contributed by atoms with E-state index in [9.17, 15) is 10.2 Å². The molecule has 0 aromatic carbocycles. The zero-order valence-corrected chi connectivity index (χ0v) is 12.1. The summed E-state index contributed by atoms with van der Waals surface area (Å²) in [5.74, 6) is -1.53. The van der Waals surface area contributed by atoms with Crippen LogP contribution >= 0.6 is 0 Å². The number of ether oxygens (including phenoxy) is 5. The van der Waals surface area contributed by atoms with Gasteiger partial charge in [0.15, 0.2) is 17.9 Å². The van der Waals surface area contributed by atoms with Crippen molar-refractivity contribution >= 4 is 0 Å². The molecule has 3 rings (SSSR count). The molecule has 0 aliphatic carbocycles. The zero-order chi connectivity index (χ0) is 14.7. The van der Waals surface area contributed by atoms with Crippen molar-refractivity contribution in [2.75, 3.05) is 6.61 Å². The summed E-state index contributed by atoms with van der Waals surface area (Å²) in [6.07, 6.45) is -4.43. The van der Waals surface area contributed by atoms with Crippen molar-refractivity contribution in [1.29, 1.82) is 0 Å². The molecule has 0 saturated carbocycles. The van der Waals surface area contributed by atoms with E-state index in [1.165, 1.54) is 0 Å². The summed E-state index contributed by atoms with van der Waals surface area (Å²) >= 11 is 0. The molecule has 7 heteroatoms. The molecule has 3 saturated heterocycles. The average Bonchev–Trinajstić information content (AvgIpc) is 2.92. The highest BCUT2D eigenvalue weighted by atomic mass is 16.8. The molecule has 0 unspecified atom stereocenters. The van der Waals surface area contributed by atoms with Gasteiger partial charge in [0, 0.05) is 0 Å². The maximum Gasteiger partial charge on any atom is 0.184 e. The predicted octanol–water partition coefficient (Wildman–Crippen LogP) is -0.264. The minimum Gasteiger partial charge on any atom is -0.387 e. The van der Waals surface area contributed by atoms with E-state index in [-0.39, 0.29) is 6.61 Å². The number of rotatable bonds is 2. The maximum absolute atomic E-state index is 10.4. The third-order valence-electron chi connectivity index (χ3n) is 3.81. The number of aliphatic hydroxyl groups is 2. The van der Waals surface area contributed by atoms with Gasteiger partial charge in [-0.15, -0.1) is 0 Å². The number of hydrogen-bond acceptors (Lipinski definition) is 7. The Morgan fingerprint density at radius 2 is 1.65 bits per heavy atom. The fourth-order valence-corrected chi connectivity index (χ4v) is 2.98. The molecule has 0 amide bonds. The Hall–Kier alpha value is -0.280. The van der Waals surface area contributed by atoms with Gasteiger partial charge in [0.05, 0.1) is 6.61 Å². The minimum atomic E-state index is -1.11. The van der Waals surface area contributed by atoms with Crippen molar-refractivity contribution in [3.05, 3.63) is 0 Å². The van der Waals surface area contributed by atoms with Gasteiger partial charge in [-0.1, -0.05) is 0 Å². The average molecular weight is 290 g/mol. The van der Waals surface area contributed by atoms with Crippen LogP contribution in [0.2, 0.25) is 0 Å². The van der Waals surface area contributed by atoms with Crippen LogP contribution in [0, 0.1) is 0 Å². The van der Waals surface area contributed by atoms with Crippen LogP contribution < -0.4 is 0 Å². The topological polar surface area (TPSA) is 86.6 Å². The van der Waals surface area contributed by atoms with E-state index in [0.29, 0.717) is 0 Å². The Labute approximate surface area is 117 Å². The Bertz CT molecular complexity index is 383. The molecule has 2 N–H and O–H groups in total. The van der Waals surface area contributed by atoms with Gasteiger partial charge in [0.2, 0.25) is 0 Å². The Kier molecular flexibility index (Phi) is 3.37. The molecule has 0 aromatic rings. The molecule has 0 spiro atoms. The minimum absolute atomic E-state index is 0.270. The Morgan fingerprint density at radius 3 is 2.25 bits per heavy atom. The van der Waals surface area contributed by atoms with Gasteiger partial charge in [-0.05, 0) is 27.7 Å². The first kappa shape index (κ1) is 14.6. The molecule has 116 valence electrons. The summed E-state index contributed by atoms with van der Waals surface area (Å²) in [7, 11) is 0. The second-order valence-corrected chi connectivity index (χ2v) is 6.41. The summed E-state index contributed by atoms with van der Waals surface area (Å²) in [5, 5.41) is 20.3. The maximum atomic E-state index is 10.4. The smallest absolute Gasteiger partial charge is 0.184 e. The fourth-order valence-electron chi connectivity index (χ4n) is 2.98. The van der Waals surface area contributed by atoms with E-state index in [0.717, 1.165) is 0 Å². The van der Waals surface area contributed by atoms with Crippen LogP contribution in [0.25, 0.3) is 0 Å². The van der Waals surface area contributed by atoms with Crippen LogP contribution in [0.15, 0.2) is 0 Å². The number of aliphatic hydroxyl groups excluding tert-OH is 2. The fraction of sp³-hybridized carbons (Fsp3) is 1.00. The second kappa shape index (κ2) is 4.61. The quantitative estimate of drug-likeness (QED) is 0.724. The lowest BCUT2D eigenvalue weighted by molar-refractivity contribution is -0.238. The van der Waals surface area contributed by atoms with Gasteiger partial charge < -0.3 is 33.9 Å². The van der Waals surface area contributed by atoms with Crippen molar-refractivity contribution in [1.82, 2.24) is 0 Å². The standard InChI is InChI=1S/C13H22O7/c1-12(2)16-5-6(18-12)7(14)8-9-10(11(15)17-8)20-13(3,4)19-9/h6-11,14-15H,5H2,1-4H3/t6-,7-,8+,9-,10-,11-/m1/s1. The normalized spacial score (nSPS) is 47.4. The Morgan fingerprint density at radius 1 is 1.00 bits per heavy atom. The highest BCUT2D eigenvalue weighted by Gasteiger charge is 2.58. The molecule has 20 heavy (non-hydrogen) atoms. The third kappa shape index (κ3) is 2.48. The molecule has 3 aliphatic heterocycles. The summed E-state index contributed by atoms with van der Waals surface area (Å²) in [6.45, 7) is 7.36. The first-order chi connectivity index (χ1) is 9.19. The molecule has 0 bridgehead atoms. The van der Waals surface area contributed by atoms with Gasteiger partial charge in [0.25, 0.3) is 0 Å². The molecule has 3 heterocycles. The van der Waals surface area contributed by atoms with Gasteiger partial charge in [-0.25, -0.2) is 0 Å². The first-order valence-corrected chi connectivity index (χ1v) is 6.87. The lowest BCUT2D eigenvalue weighted by Crippen LogP contribution is -2.46. The highest BCUT2D eigenvalue weighted by molar-refractivity contribution is 4.99. The molecule has 3 fully saturated rings. The van der Waals surface area contributed by atoms with Crippen molar-refractivity contribution in [2.24, 2.45) is 0 Å². The monoisotopic (exact) mass is 290 g/mol. The van der Waals surface area contributed by atoms with Crippen LogP contribution in [-0.2, 0) is 23.7 Å². The van der Waals surface area contributed by atoms with E-state index in [2.05, 4.69) is 0 Å². The van der Waals surface area contributed by atoms with Crippen LogP contribution in [-0.4, -0.2) is 65.2 Å². The zero-order valence-electron chi connectivity index (χ0n) is 12.1. The largest absolute Gasteiger partial charge is 0.387 e. The predicted molar refractivity (Wildman–Crippen MR) is 65.6 cm³/mol. The number of fused-ring (bicyclic) bond motifs is 1. The molecule has 6 atom stereocenters. The van der Waals surface area contributed by atoms with Crippen LogP contribution in [0.5, 0.6) is 0 Å². The van der Waals surface area contributed by atoms with Gasteiger partial charge in [0.1, 0.15) is 30.5 Å². The van der Waals surface area contributed by atoms with Crippen molar-refractivity contribution in [3.8, 4) is 0 Å². The van der Waals surface area contributed by atoms with E-state index < -0.39 is 48.4 Å². The molecular weight excluding hydrogens is 268 g/mol. The SMILES string of the molecule is CC1(C)O[C@H]2[C@@H](O1)[C@H](O)O[C@H]2[C@H](O)[C@H]1COC(C)(C)O1. The molecule has 3 aliphatic rings. The van der Waals surface area contributed by atoms with Gasteiger partial charge in [-0.3, -0.25) is 0 Å². The molecule has 0 aromatic heterocycles. The molecule has 7 nitrogen and oxygen atoms in total. The summed E-state index contributed by atoms with van der Waals surface area (Å²) in [6, 6.07) is 0. The second-order valence-electron chi connectivity index (χ2n) is 6.41. The van der Waals surface area contributed by atoms with Gasteiger partial charge in [-0.2, -0.15) is 0 Å². The van der Waals surface area contributed by atoms with Crippen molar-refractivity contribution < 1.29 is 33.9 Å². The van der Waals surface area contributed by atoms with Crippen molar-refractivity contribution in [2.45, 2.75) is 76.1 Å². The van der Waals surface area contributed by atoms with Crippen molar-refractivity contribution in [3.63, 3.8) is 0 Å². The third-order valence-corrected chi connectivity index (χ3v) is 3.81. The van der Waals surface area contributed by atoms with E-state index in [1.54, 1.807) is 27.7 Å². The Balaban J connectivity index is 1.71. The number of hydrogen-bond donors (Lipinski definition) is 2. The van der Waals surface area contributed by atoms with E-state index >= 15 is 0 Å². The highest BCUT2D eigenvalue weighted by Crippen LogP contribution is 2.40. The van der Waals surface area contributed by atoms with Crippen LogP contribution in [0.1, 0.15) is 27.7 Å². The van der Waals surface area contributed by atoms with E-state index in [1.807, 2.05) is 0 Å². The lowest BCUT2D eigenvalue weighted by atomic mass is 10.0. The first-order valence-electron chi connectivity index (χ1n) is 6.87. The molecular formula is C13H22O7. The summed E-state index contributed by atoms with van der Waals surface area (Å²) < 4.78 is 27.8. The summed E-state index contributed by atoms with van der Waals surface area (Å²) in [4.78, 5) is 0. The lowest BCUT2D eigenvalue weighted by Gasteiger charge is -2.28. The van der Waals surface area contributed by atoms with E-state index in [4.69, 9.17) is 23.7 Å².